The summed E-state index contributed by atoms with van der Waals surface area (Å²) in [5, 5.41) is 6.75. The number of hydrogen-bond acceptors (Lipinski definition) is 6. The van der Waals surface area contributed by atoms with Gasteiger partial charge in [0.2, 0.25) is 5.89 Å². The molecule has 0 saturated heterocycles. The standard InChI is InChI=1S/C21H25N5O2/c1-5-7-17-12-22-14(4)24-19(17)15-8-10-16(11-9-15)20(27)23-13(3)21-25-18(6-2)26-28-21/h8-13H,5-7H2,1-4H3,(H,23,27)/t13-/m0/s1. The highest BCUT2D eigenvalue weighted by molar-refractivity contribution is 5.94. The molecule has 0 spiro atoms. The van der Waals surface area contributed by atoms with E-state index in [0.717, 1.165) is 35.5 Å². The van der Waals surface area contributed by atoms with Crippen LogP contribution in [0.3, 0.4) is 0 Å². The van der Waals surface area contributed by atoms with Crippen LogP contribution >= 0.6 is 0 Å². The van der Waals surface area contributed by atoms with E-state index in [4.69, 9.17) is 4.52 Å². The van der Waals surface area contributed by atoms with Gasteiger partial charge in [0.1, 0.15) is 11.9 Å². The molecule has 146 valence electrons. The second-order valence-electron chi connectivity index (χ2n) is 6.72. The molecule has 0 radical (unpaired) electrons. The molecular weight excluding hydrogens is 354 g/mol. The summed E-state index contributed by atoms with van der Waals surface area (Å²) in [6, 6.07) is 7.08. The lowest BCUT2D eigenvalue weighted by molar-refractivity contribution is 0.0932. The molecule has 7 heteroatoms. The van der Waals surface area contributed by atoms with Crippen molar-refractivity contribution in [1.82, 2.24) is 25.4 Å². The van der Waals surface area contributed by atoms with Crippen LogP contribution < -0.4 is 5.32 Å². The van der Waals surface area contributed by atoms with Crippen LogP contribution in [0.15, 0.2) is 35.0 Å². The van der Waals surface area contributed by atoms with E-state index in [2.05, 4.69) is 32.3 Å². The van der Waals surface area contributed by atoms with Gasteiger partial charge in [0, 0.05) is 23.7 Å². The molecule has 3 rings (SSSR count). The number of nitrogens with zero attached hydrogens (tertiary/aromatic N) is 4. The maximum atomic E-state index is 12.5. The predicted octanol–water partition coefficient (Wildman–Crippen LogP) is 3.84. The Kier molecular flexibility index (Phi) is 6.13. The number of aryl methyl sites for hydroxylation is 3. The number of hydrogen-bond donors (Lipinski definition) is 1. The van der Waals surface area contributed by atoms with Gasteiger partial charge in [-0.25, -0.2) is 9.97 Å². The van der Waals surface area contributed by atoms with Gasteiger partial charge in [0.25, 0.3) is 5.91 Å². The summed E-state index contributed by atoms with van der Waals surface area (Å²) >= 11 is 0. The molecule has 28 heavy (non-hydrogen) atoms. The Balaban J connectivity index is 1.75. The maximum Gasteiger partial charge on any atom is 0.251 e. The van der Waals surface area contributed by atoms with Crippen molar-refractivity contribution < 1.29 is 9.32 Å². The number of rotatable bonds is 7. The number of amides is 1. The van der Waals surface area contributed by atoms with E-state index in [0.29, 0.717) is 23.7 Å². The van der Waals surface area contributed by atoms with Gasteiger partial charge >= 0.3 is 0 Å². The Morgan fingerprint density at radius 1 is 1.18 bits per heavy atom. The van der Waals surface area contributed by atoms with Crippen LogP contribution in [0.5, 0.6) is 0 Å². The molecule has 0 fully saturated rings. The minimum absolute atomic E-state index is 0.192. The van der Waals surface area contributed by atoms with Crippen LogP contribution in [0.2, 0.25) is 0 Å². The van der Waals surface area contributed by atoms with Crippen LogP contribution in [0.4, 0.5) is 0 Å². The first kappa shape index (κ1) is 19.7. The third-order valence-electron chi connectivity index (χ3n) is 4.44. The molecule has 0 unspecified atom stereocenters. The number of carbonyl (C=O) groups excluding carboxylic acids is 1. The monoisotopic (exact) mass is 379 g/mol. The molecule has 1 amide bonds. The maximum absolute atomic E-state index is 12.5. The minimum atomic E-state index is -0.361. The van der Waals surface area contributed by atoms with Crippen LogP contribution in [-0.2, 0) is 12.8 Å². The lowest BCUT2D eigenvalue weighted by Crippen LogP contribution is -2.26. The Morgan fingerprint density at radius 2 is 1.93 bits per heavy atom. The van der Waals surface area contributed by atoms with Crippen molar-refractivity contribution in [2.24, 2.45) is 0 Å². The average Bonchev–Trinajstić information content (AvgIpc) is 3.19. The average molecular weight is 379 g/mol. The zero-order chi connectivity index (χ0) is 20.1. The summed E-state index contributed by atoms with van der Waals surface area (Å²) in [5.74, 6) is 1.57. The fraction of sp³-hybridized carbons (Fsp3) is 0.381. The number of benzene rings is 1. The molecule has 3 aromatic rings. The van der Waals surface area contributed by atoms with E-state index >= 15 is 0 Å². The van der Waals surface area contributed by atoms with Crippen molar-refractivity contribution in [2.45, 2.75) is 53.0 Å². The highest BCUT2D eigenvalue weighted by Crippen LogP contribution is 2.23. The lowest BCUT2D eigenvalue weighted by atomic mass is 10.0. The van der Waals surface area contributed by atoms with Gasteiger partial charge in [-0.15, -0.1) is 0 Å². The Labute approximate surface area is 164 Å². The third-order valence-corrected chi connectivity index (χ3v) is 4.44. The number of carbonyl (C=O) groups is 1. The fourth-order valence-corrected chi connectivity index (χ4v) is 2.91. The molecule has 1 N–H and O–H groups in total. The fourth-order valence-electron chi connectivity index (χ4n) is 2.91. The minimum Gasteiger partial charge on any atom is -0.341 e. The van der Waals surface area contributed by atoms with Crippen molar-refractivity contribution in [3.05, 3.63) is 59.1 Å². The number of aromatic nitrogens is 4. The van der Waals surface area contributed by atoms with E-state index in [9.17, 15) is 4.79 Å². The highest BCUT2D eigenvalue weighted by Gasteiger charge is 2.17. The van der Waals surface area contributed by atoms with Gasteiger partial charge in [0.05, 0.1) is 5.69 Å². The van der Waals surface area contributed by atoms with Crippen LogP contribution in [0.25, 0.3) is 11.3 Å². The van der Waals surface area contributed by atoms with Crippen molar-refractivity contribution in [3.8, 4) is 11.3 Å². The summed E-state index contributed by atoms with van der Waals surface area (Å²) in [4.78, 5) is 25.7. The van der Waals surface area contributed by atoms with Gasteiger partial charge in [-0.05, 0) is 38.0 Å². The smallest absolute Gasteiger partial charge is 0.251 e. The second-order valence-corrected chi connectivity index (χ2v) is 6.72. The van der Waals surface area contributed by atoms with Crippen LogP contribution in [-0.4, -0.2) is 26.0 Å². The zero-order valence-corrected chi connectivity index (χ0v) is 16.7. The van der Waals surface area contributed by atoms with Crippen molar-refractivity contribution in [1.29, 1.82) is 0 Å². The molecule has 0 saturated carbocycles. The summed E-state index contributed by atoms with van der Waals surface area (Å²) in [6.45, 7) is 7.78. The van der Waals surface area contributed by atoms with Gasteiger partial charge in [-0.3, -0.25) is 4.79 Å². The molecule has 0 aliphatic heterocycles. The topological polar surface area (TPSA) is 93.8 Å². The summed E-state index contributed by atoms with van der Waals surface area (Å²) in [5.41, 5.74) is 3.58. The van der Waals surface area contributed by atoms with Crippen molar-refractivity contribution >= 4 is 5.91 Å². The van der Waals surface area contributed by atoms with Crippen LogP contribution in [0, 0.1) is 6.92 Å². The Bertz CT molecular complexity index is 950. The van der Waals surface area contributed by atoms with Crippen molar-refractivity contribution in [3.63, 3.8) is 0 Å². The van der Waals surface area contributed by atoms with Gasteiger partial charge in [-0.2, -0.15) is 4.98 Å². The predicted molar refractivity (Wildman–Crippen MR) is 106 cm³/mol. The van der Waals surface area contributed by atoms with Gasteiger partial charge in [-0.1, -0.05) is 37.6 Å². The summed E-state index contributed by atoms with van der Waals surface area (Å²) in [6.07, 6.45) is 4.51. The summed E-state index contributed by atoms with van der Waals surface area (Å²) in [7, 11) is 0. The molecule has 0 aliphatic carbocycles. The van der Waals surface area contributed by atoms with E-state index in [1.54, 1.807) is 12.1 Å². The highest BCUT2D eigenvalue weighted by atomic mass is 16.5. The van der Waals surface area contributed by atoms with E-state index in [1.165, 1.54) is 0 Å². The SMILES string of the molecule is CCCc1cnc(C)nc1-c1ccc(C(=O)N[C@@H](C)c2nc(CC)no2)cc1. The second kappa shape index (κ2) is 8.73. The molecule has 0 aliphatic rings. The molecule has 7 nitrogen and oxygen atoms in total. The van der Waals surface area contributed by atoms with E-state index < -0.39 is 0 Å². The molecule has 2 aromatic heterocycles. The van der Waals surface area contributed by atoms with Gasteiger partial charge < -0.3 is 9.84 Å². The van der Waals surface area contributed by atoms with E-state index in [-0.39, 0.29) is 11.9 Å². The first-order valence-electron chi connectivity index (χ1n) is 9.58. The molecule has 0 bridgehead atoms. The Hall–Kier alpha value is -3.09. The van der Waals surface area contributed by atoms with E-state index in [1.807, 2.05) is 39.1 Å². The summed E-state index contributed by atoms with van der Waals surface area (Å²) < 4.78 is 5.19. The number of nitrogens with one attached hydrogen (secondary N) is 1. The third kappa shape index (κ3) is 4.42. The largest absolute Gasteiger partial charge is 0.341 e. The van der Waals surface area contributed by atoms with Crippen molar-refractivity contribution in [2.75, 3.05) is 0 Å². The first-order chi connectivity index (χ1) is 13.5. The molecule has 1 atom stereocenters. The van der Waals surface area contributed by atoms with Crippen LogP contribution in [0.1, 0.15) is 66.7 Å². The quantitative estimate of drug-likeness (QED) is 0.670. The molecule has 1 aromatic carbocycles. The zero-order valence-electron chi connectivity index (χ0n) is 16.7. The van der Waals surface area contributed by atoms with Gasteiger partial charge in [0.15, 0.2) is 5.82 Å². The normalized spacial score (nSPS) is 12.0. The molecule has 2 heterocycles. The lowest BCUT2D eigenvalue weighted by Gasteiger charge is -2.11. The first-order valence-corrected chi connectivity index (χ1v) is 9.58. The Morgan fingerprint density at radius 3 is 2.57 bits per heavy atom. The molecular formula is C21H25N5O2.